The van der Waals surface area contributed by atoms with E-state index in [1.54, 1.807) is 45.0 Å². The number of nitrogens with zero attached hydrogens (tertiary/aromatic N) is 1. The first kappa shape index (κ1) is 28.4. The predicted molar refractivity (Wildman–Crippen MR) is 138 cm³/mol. The van der Waals surface area contributed by atoms with E-state index in [1.807, 2.05) is 37.3 Å². The van der Waals surface area contributed by atoms with E-state index in [-0.39, 0.29) is 13.1 Å². The molecule has 3 N–H and O–H groups in total. The molecule has 0 fully saturated rings. The second-order valence-electron chi connectivity index (χ2n) is 9.29. The van der Waals surface area contributed by atoms with Gasteiger partial charge in [0.05, 0.1) is 6.61 Å². The Morgan fingerprint density at radius 3 is 2.25 bits per heavy atom. The first-order valence-electron chi connectivity index (χ1n) is 11.9. The van der Waals surface area contributed by atoms with Crippen molar-refractivity contribution in [3.05, 3.63) is 71.3 Å². The average Bonchev–Trinajstić information content (AvgIpc) is 2.85. The van der Waals surface area contributed by atoms with Crippen molar-refractivity contribution in [1.29, 1.82) is 0 Å². The summed E-state index contributed by atoms with van der Waals surface area (Å²) in [6.07, 6.45) is 5.18. The first-order chi connectivity index (χ1) is 17.1. The summed E-state index contributed by atoms with van der Waals surface area (Å²) in [7, 11) is 0. The third-order valence-electron chi connectivity index (χ3n) is 5.18. The minimum absolute atomic E-state index is 0.214. The molecule has 0 aliphatic rings. The summed E-state index contributed by atoms with van der Waals surface area (Å²) in [5.41, 5.74) is 1.31. The summed E-state index contributed by atoms with van der Waals surface area (Å²) in [4.78, 5) is 40.7. The van der Waals surface area contributed by atoms with Crippen LogP contribution in [0.15, 0.2) is 54.6 Å². The number of amides is 3. The summed E-state index contributed by atoms with van der Waals surface area (Å²) in [5.74, 6) is 1.53. The molecular weight excluding hydrogens is 458 g/mol. The Bertz CT molecular complexity index is 1060. The van der Waals surface area contributed by atoms with Gasteiger partial charge >= 0.3 is 6.09 Å². The summed E-state index contributed by atoms with van der Waals surface area (Å²) in [6, 6.07) is 13.9. The number of rotatable bonds is 10. The van der Waals surface area contributed by atoms with Crippen LogP contribution < -0.4 is 10.6 Å². The number of nitrogens with one attached hydrogen (secondary N) is 2. The van der Waals surface area contributed by atoms with Crippen molar-refractivity contribution >= 4 is 17.9 Å². The molecule has 8 heteroatoms. The molecule has 0 spiro atoms. The molecule has 2 atom stereocenters. The van der Waals surface area contributed by atoms with E-state index < -0.39 is 42.2 Å². The lowest BCUT2D eigenvalue weighted by Gasteiger charge is -2.34. The van der Waals surface area contributed by atoms with Crippen molar-refractivity contribution in [2.24, 2.45) is 0 Å². The molecule has 192 valence electrons. The summed E-state index contributed by atoms with van der Waals surface area (Å²) in [6.45, 7) is 6.77. The third-order valence-corrected chi connectivity index (χ3v) is 5.18. The number of hydrogen-bond acceptors (Lipinski definition) is 5. The van der Waals surface area contributed by atoms with Crippen LogP contribution in [0.2, 0.25) is 0 Å². The highest BCUT2D eigenvalue weighted by atomic mass is 16.6. The van der Waals surface area contributed by atoms with Gasteiger partial charge in [-0.25, -0.2) is 4.79 Å². The van der Waals surface area contributed by atoms with Crippen molar-refractivity contribution in [3.63, 3.8) is 0 Å². The van der Waals surface area contributed by atoms with Crippen LogP contribution in [0.5, 0.6) is 0 Å². The molecule has 0 radical (unpaired) electrons. The number of aliphatic hydroxyl groups excluding tert-OH is 1. The minimum Gasteiger partial charge on any atom is -0.444 e. The largest absolute Gasteiger partial charge is 0.444 e. The van der Waals surface area contributed by atoms with Crippen molar-refractivity contribution in [1.82, 2.24) is 15.5 Å². The topological polar surface area (TPSA) is 108 Å². The van der Waals surface area contributed by atoms with Gasteiger partial charge in [0.15, 0.2) is 0 Å². The fourth-order valence-electron chi connectivity index (χ4n) is 3.56. The van der Waals surface area contributed by atoms with Gasteiger partial charge in [0, 0.05) is 18.7 Å². The Kier molecular flexibility index (Phi) is 10.5. The van der Waals surface area contributed by atoms with Gasteiger partial charge in [-0.1, -0.05) is 55.3 Å². The maximum absolute atomic E-state index is 13.6. The normalized spacial score (nSPS) is 12.6. The Morgan fingerprint density at radius 2 is 1.72 bits per heavy atom. The zero-order chi connectivity index (χ0) is 26.7. The quantitative estimate of drug-likeness (QED) is 0.441. The Balaban J connectivity index is 2.37. The molecular formula is C28H35N3O5. The molecule has 2 rings (SSSR count). The number of carbonyl (C=O) groups is 3. The number of ether oxygens (including phenoxy) is 1. The van der Waals surface area contributed by atoms with Crippen LogP contribution >= 0.6 is 0 Å². The zero-order valence-corrected chi connectivity index (χ0v) is 21.3. The van der Waals surface area contributed by atoms with E-state index in [1.165, 1.54) is 4.90 Å². The van der Waals surface area contributed by atoms with Crippen molar-refractivity contribution in [2.75, 3.05) is 13.2 Å². The maximum atomic E-state index is 13.6. The molecule has 0 saturated carbocycles. The molecule has 0 bridgehead atoms. The number of hydrogen-bond donors (Lipinski definition) is 3. The van der Waals surface area contributed by atoms with Crippen LogP contribution in [0.1, 0.15) is 56.8 Å². The van der Waals surface area contributed by atoms with Crippen LogP contribution in [-0.2, 0) is 20.9 Å². The highest BCUT2D eigenvalue weighted by molar-refractivity contribution is 5.92. The highest BCUT2D eigenvalue weighted by Crippen LogP contribution is 2.24. The van der Waals surface area contributed by atoms with Gasteiger partial charge in [-0.2, -0.15) is 0 Å². The van der Waals surface area contributed by atoms with Crippen LogP contribution in [-0.4, -0.2) is 52.7 Å². The number of alkyl carbamates (subject to hydrolysis) is 1. The van der Waals surface area contributed by atoms with Gasteiger partial charge < -0.3 is 25.4 Å². The highest BCUT2D eigenvalue weighted by Gasteiger charge is 2.35. The molecule has 8 nitrogen and oxygen atoms in total. The van der Waals surface area contributed by atoms with Gasteiger partial charge in [0.2, 0.25) is 11.8 Å². The summed E-state index contributed by atoms with van der Waals surface area (Å²) >= 11 is 0. The van der Waals surface area contributed by atoms with Gasteiger partial charge in [-0.05, 0) is 50.5 Å². The summed E-state index contributed by atoms with van der Waals surface area (Å²) < 4.78 is 5.24. The lowest BCUT2D eigenvalue weighted by atomic mass is 10.0. The molecule has 0 aliphatic heterocycles. The molecule has 2 aromatic carbocycles. The third kappa shape index (κ3) is 8.43. The second kappa shape index (κ2) is 13.3. The number of aliphatic hydroxyl groups is 1. The molecule has 3 amide bonds. The minimum atomic E-state index is -1.29. The summed E-state index contributed by atoms with van der Waals surface area (Å²) in [5, 5.41) is 15.3. The van der Waals surface area contributed by atoms with E-state index in [2.05, 4.69) is 16.6 Å². The van der Waals surface area contributed by atoms with Crippen LogP contribution in [0.4, 0.5) is 4.79 Å². The number of benzene rings is 2. The fraction of sp³-hybridized carbons (Fsp3) is 0.393. The lowest BCUT2D eigenvalue weighted by Crippen LogP contribution is -2.54. The van der Waals surface area contributed by atoms with Crippen LogP contribution in [0.3, 0.4) is 0 Å². The van der Waals surface area contributed by atoms with E-state index in [9.17, 15) is 19.5 Å². The first-order valence-corrected chi connectivity index (χ1v) is 11.9. The maximum Gasteiger partial charge on any atom is 0.408 e. The molecule has 0 aromatic heterocycles. The van der Waals surface area contributed by atoms with Gasteiger partial charge in [0.1, 0.15) is 17.7 Å². The zero-order valence-electron chi connectivity index (χ0n) is 21.3. The average molecular weight is 494 g/mol. The van der Waals surface area contributed by atoms with E-state index in [0.717, 1.165) is 5.56 Å². The second-order valence-corrected chi connectivity index (χ2v) is 9.29. The predicted octanol–water partition coefficient (Wildman–Crippen LogP) is 3.15. The molecule has 0 saturated heterocycles. The monoisotopic (exact) mass is 493 g/mol. The Hall–Kier alpha value is -3.83. The number of carbonyl (C=O) groups excluding carboxylic acids is 3. The van der Waals surface area contributed by atoms with E-state index >= 15 is 0 Å². The Morgan fingerprint density at radius 1 is 1.08 bits per heavy atom. The van der Waals surface area contributed by atoms with E-state index in [0.29, 0.717) is 17.5 Å². The molecule has 36 heavy (non-hydrogen) atoms. The number of terminal acetylenes is 1. The van der Waals surface area contributed by atoms with Crippen LogP contribution in [0.25, 0.3) is 0 Å². The molecule has 0 heterocycles. The van der Waals surface area contributed by atoms with Crippen molar-refractivity contribution in [2.45, 2.75) is 58.3 Å². The van der Waals surface area contributed by atoms with Gasteiger partial charge in [-0.3, -0.25) is 9.59 Å². The smallest absolute Gasteiger partial charge is 0.408 e. The molecule has 0 aliphatic carbocycles. The molecule has 2 unspecified atom stereocenters. The van der Waals surface area contributed by atoms with Crippen LogP contribution in [0, 0.1) is 12.3 Å². The SMILES string of the molecule is C#Cc1ccc(C(C(=O)NCc2ccccc2)N(CCC)C(=O)C(CO)NC(=O)OC(C)(C)C)cc1. The standard InChI is InChI=1S/C28H35N3O5/c1-6-17-31(26(34)23(19-32)30-27(35)36-28(3,4)5)24(22-15-13-20(7-2)14-16-22)25(33)29-18-21-11-9-8-10-12-21/h2,8-16,23-24,32H,6,17-19H2,1,3-5H3,(H,29,33)(H,30,35). The fourth-order valence-corrected chi connectivity index (χ4v) is 3.56. The van der Waals surface area contributed by atoms with E-state index in [4.69, 9.17) is 11.2 Å². The van der Waals surface area contributed by atoms with Gasteiger partial charge in [-0.15, -0.1) is 6.42 Å². The lowest BCUT2D eigenvalue weighted by molar-refractivity contribution is -0.143. The van der Waals surface area contributed by atoms with Gasteiger partial charge in [0.25, 0.3) is 0 Å². The Labute approximate surface area is 213 Å². The van der Waals surface area contributed by atoms with Crippen molar-refractivity contribution in [3.8, 4) is 12.3 Å². The van der Waals surface area contributed by atoms with Crippen molar-refractivity contribution < 1.29 is 24.2 Å². The molecule has 2 aromatic rings.